The molecule has 1 heterocycles. The highest BCUT2D eigenvalue weighted by Gasteiger charge is 2.29. The van der Waals surface area contributed by atoms with Crippen molar-refractivity contribution >= 4 is 5.57 Å². The molecule has 1 aromatic rings. The van der Waals surface area contributed by atoms with Crippen molar-refractivity contribution < 1.29 is 4.74 Å². The fraction of sp³-hybridized carbons (Fsp3) is 0.556. The molecular weight excluding hydrogens is 246 g/mol. The van der Waals surface area contributed by atoms with E-state index in [1.54, 1.807) is 0 Å². The lowest BCUT2D eigenvalue weighted by Gasteiger charge is -2.26. The summed E-state index contributed by atoms with van der Waals surface area (Å²) in [6.07, 6.45) is 6.39. The van der Waals surface area contributed by atoms with Gasteiger partial charge >= 0.3 is 0 Å². The zero-order chi connectivity index (χ0) is 14.2. The van der Waals surface area contributed by atoms with Crippen LogP contribution < -0.4 is 4.74 Å². The molecule has 20 heavy (non-hydrogen) atoms. The van der Waals surface area contributed by atoms with Crippen LogP contribution in [-0.4, -0.2) is 29.6 Å². The van der Waals surface area contributed by atoms with E-state index < -0.39 is 0 Å². The Hall–Kier alpha value is -1.28. The van der Waals surface area contributed by atoms with E-state index in [0.29, 0.717) is 0 Å². The maximum Gasteiger partial charge on any atom is 0.120 e. The van der Waals surface area contributed by atoms with E-state index in [1.165, 1.54) is 36.9 Å². The molecule has 0 radical (unpaired) electrons. The summed E-state index contributed by atoms with van der Waals surface area (Å²) in [6.45, 7) is 8.59. The van der Waals surface area contributed by atoms with Gasteiger partial charge in [-0.25, -0.2) is 0 Å². The van der Waals surface area contributed by atoms with Crippen molar-refractivity contribution in [3.05, 3.63) is 35.9 Å². The Morgan fingerprint density at radius 2 is 1.80 bits per heavy atom. The quantitative estimate of drug-likeness (QED) is 0.820. The molecule has 108 valence electrons. The maximum absolute atomic E-state index is 5.87. The lowest BCUT2D eigenvalue weighted by Crippen LogP contribution is -2.30. The van der Waals surface area contributed by atoms with Crippen LogP contribution in [0.2, 0.25) is 0 Å². The minimum atomic E-state index is -0.129. The van der Waals surface area contributed by atoms with Crippen molar-refractivity contribution in [2.45, 2.75) is 51.7 Å². The van der Waals surface area contributed by atoms with Crippen molar-refractivity contribution in [1.29, 1.82) is 0 Å². The standard InChI is InChI=1S/C18H25NO/c1-18(2,3)20-17-8-4-14(5-9-17)15-10-12-19(13-11-15)16-6-7-16/h4-5,8-10,16H,6-7,11-13H2,1-3H3. The lowest BCUT2D eigenvalue weighted by atomic mass is 9.99. The second-order valence-electron chi connectivity index (χ2n) is 6.94. The molecule has 3 rings (SSSR count). The Balaban J connectivity index is 1.65. The SMILES string of the molecule is CC(C)(C)Oc1ccc(C2=CCN(C3CC3)CC2)cc1. The van der Waals surface area contributed by atoms with Crippen molar-refractivity contribution in [1.82, 2.24) is 4.90 Å². The van der Waals surface area contributed by atoms with Gasteiger partial charge in [0.2, 0.25) is 0 Å². The minimum absolute atomic E-state index is 0.129. The van der Waals surface area contributed by atoms with Crippen LogP contribution in [0, 0.1) is 0 Å². The van der Waals surface area contributed by atoms with Crippen molar-refractivity contribution in [2.75, 3.05) is 13.1 Å². The van der Waals surface area contributed by atoms with Gasteiger partial charge in [0.15, 0.2) is 0 Å². The minimum Gasteiger partial charge on any atom is -0.488 e. The molecule has 0 N–H and O–H groups in total. The molecule has 2 heteroatoms. The highest BCUT2D eigenvalue weighted by molar-refractivity contribution is 5.67. The molecule has 1 aliphatic heterocycles. The molecule has 2 aliphatic rings. The van der Waals surface area contributed by atoms with Crippen LogP contribution in [0.5, 0.6) is 5.75 Å². The summed E-state index contributed by atoms with van der Waals surface area (Å²) in [5, 5.41) is 0. The summed E-state index contributed by atoms with van der Waals surface area (Å²) in [4.78, 5) is 2.61. The number of rotatable bonds is 3. The summed E-state index contributed by atoms with van der Waals surface area (Å²) >= 11 is 0. The Kier molecular flexibility index (Phi) is 3.59. The maximum atomic E-state index is 5.87. The van der Waals surface area contributed by atoms with Crippen LogP contribution in [-0.2, 0) is 0 Å². The highest BCUT2D eigenvalue weighted by Crippen LogP contribution is 2.32. The lowest BCUT2D eigenvalue weighted by molar-refractivity contribution is 0.131. The summed E-state index contributed by atoms with van der Waals surface area (Å²) in [6, 6.07) is 9.46. The predicted octanol–water partition coefficient (Wildman–Crippen LogP) is 4.12. The molecule has 1 aliphatic carbocycles. The van der Waals surface area contributed by atoms with Crippen LogP contribution in [0.15, 0.2) is 30.3 Å². The van der Waals surface area contributed by atoms with Crippen LogP contribution in [0.3, 0.4) is 0 Å². The molecule has 0 aromatic heterocycles. The third-order valence-electron chi connectivity index (χ3n) is 3.95. The van der Waals surface area contributed by atoms with Gasteiger partial charge in [-0.15, -0.1) is 0 Å². The third kappa shape index (κ3) is 3.43. The molecule has 0 amide bonds. The first-order chi connectivity index (χ1) is 9.51. The van der Waals surface area contributed by atoms with Gasteiger partial charge in [0.1, 0.15) is 11.4 Å². The van der Waals surface area contributed by atoms with Gasteiger partial charge in [-0.05, 0) is 63.3 Å². The Labute approximate surface area is 122 Å². The van der Waals surface area contributed by atoms with E-state index in [0.717, 1.165) is 18.3 Å². The number of nitrogens with zero attached hydrogens (tertiary/aromatic N) is 1. The molecule has 0 spiro atoms. The van der Waals surface area contributed by atoms with Gasteiger partial charge in [0, 0.05) is 19.1 Å². The van der Waals surface area contributed by atoms with E-state index in [2.05, 4.69) is 56.0 Å². The zero-order valence-corrected chi connectivity index (χ0v) is 12.9. The van der Waals surface area contributed by atoms with Crippen molar-refractivity contribution in [2.24, 2.45) is 0 Å². The van der Waals surface area contributed by atoms with Gasteiger partial charge in [-0.2, -0.15) is 0 Å². The van der Waals surface area contributed by atoms with Crippen molar-refractivity contribution in [3.8, 4) is 5.75 Å². The van der Waals surface area contributed by atoms with E-state index >= 15 is 0 Å². The Bertz CT molecular complexity index is 491. The summed E-state index contributed by atoms with van der Waals surface area (Å²) in [5.74, 6) is 0.956. The normalized spacial score (nSPS) is 20.6. The van der Waals surface area contributed by atoms with Crippen LogP contribution >= 0.6 is 0 Å². The van der Waals surface area contributed by atoms with Crippen LogP contribution in [0.25, 0.3) is 5.57 Å². The number of hydrogen-bond acceptors (Lipinski definition) is 2. The highest BCUT2D eigenvalue weighted by atomic mass is 16.5. The fourth-order valence-corrected chi connectivity index (χ4v) is 2.81. The van der Waals surface area contributed by atoms with Gasteiger partial charge in [-0.3, -0.25) is 4.90 Å². The second-order valence-corrected chi connectivity index (χ2v) is 6.94. The van der Waals surface area contributed by atoms with Gasteiger partial charge in [0.25, 0.3) is 0 Å². The number of benzene rings is 1. The van der Waals surface area contributed by atoms with Crippen molar-refractivity contribution in [3.63, 3.8) is 0 Å². The molecule has 0 bridgehead atoms. The van der Waals surface area contributed by atoms with Crippen LogP contribution in [0.1, 0.15) is 45.6 Å². The molecule has 1 fully saturated rings. The summed E-state index contributed by atoms with van der Waals surface area (Å²) < 4.78 is 5.87. The predicted molar refractivity (Wildman–Crippen MR) is 84.0 cm³/mol. The third-order valence-corrected chi connectivity index (χ3v) is 3.95. The molecule has 1 saturated carbocycles. The number of hydrogen-bond donors (Lipinski definition) is 0. The Morgan fingerprint density at radius 1 is 1.10 bits per heavy atom. The first-order valence-corrected chi connectivity index (χ1v) is 7.74. The monoisotopic (exact) mass is 271 g/mol. The smallest absolute Gasteiger partial charge is 0.120 e. The van der Waals surface area contributed by atoms with Gasteiger partial charge < -0.3 is 4.74 Å². The zero-order valence-electron chi connectivity index (χ0n) is 12.9. The molecule has 1 aromatic carbocycles. The summed E-state index contributed by atoms with van der Waals surface area (Å²) in [7, 11) is 0. The summed E-state index contributed by atoms with van der Waals surface area (Å²) in [5.41, 5.74) is 2.71. The largest absolute Gasteiger partial charge is 0.488 e. The molecular formula is C18H25NO. The van der Waals surface area contributed by atoms with Gasteiger partial charge in [0.05, 0.1) is 0 Å². The first-order valence-electron chi connectivity index (χ1n) is 7.74. The van der Waals surface area contributed by atoms with Crippen LogP contribution in [0.4, 0.5) is 0 Å². The van der Waals surface area contributed by atoms with E-state index in [9.17, 15) is 0 Å². The average Bonchev–Trinajstić information content (AvgIpc) is 3.22. The molecule has 0 atom stereocenters. The average molecular weight is 271 g/mol. The van der Waals surface area contributed by atoms with E-state index in [-0.39, 0.29) is 5.60 Å². The van der Waals surface area contributed by atoms with E-state index in [1.807, 2.05) is 0 Å². The van der Waals surface area contributed by atoms with E-state index in [4.69, 9.17) is 4.74 Å². The number of ether oxygens (including phenoxy) is 1. The fourth-order valence-electron chi connectivity index (χ4n) is 2.81. The molecule has 2 nitrogen and oxygen atoms in total. The second kappa shape index (κ2) is 5.25. The Morgan fingerprint density at radius 3 is 2.30 bits per heavy atom. The van der Waals surface area contributed by atoms with Gasteiger partial charge in [-0.1, -0.05) is 18.2 Å². The first kappa shape index (κ1) is 13.7. The molecule has 0 saturated heterocycles. The topological polar surface area (TPSA) is 12.5 Å². The molecule has 0 unspecified atom stereocenters.